The summed E-state index contributed by atoms with van der Waals surface area (Å²) in [7, 11) is 0. The van der Waals surface area contributed by atoms with Gasteiger partial charge in [-0.05, 0) is 0 Å². The molecule has 1 saturated heterocycles. The summed E-state index contributed by atoms with van der Waals surface area (Å²) in [6, 6.07) is 0. The maximum atomic E-state index is 11.7. The molecule has 1 aliphatic rings. The van der Waals surface area contributed by atoms with E-state index in [9.17, 15) is 9.59 Å². The Balaban J connectivity index is 2.11. The van der Waals surface area contributed by atoms with E-state index >= 15 is 0 Å². The first-order chi connectivity index (χ1) is 8.11. The standard InChI is InChI=1S/C11H18N2O4/c1-9(11(15)16)8-12-3-2-10(14)13-4-6-17-7-5-13/h12H,1-8H2,(H,15,16). The third-order valence-electron chi connectivity index (χ3n) is 2.52. The van der Waals surface area contributed by atoms with Gasteiger partial charge in [-0.3, -0.25) is 4.79 Å². The molecule has 0 aromatic carbocycles. The van der Waals surface area contributed by atoms with Crippen molar-refractivity contribution >= 4 is 11.9 Å². The van der Waals surface area contributed by atoms with Crippen molar-refractivity contribution in [1.82, 2.24) is 10.2 Å². The smallest absolute Gasteiger partial charge is 0.332 e. The highest BCUT2D eigenvalue weighted by atomic mass is 16.5. The van der Waals surface area contributed by atoms with Crippen LogP contribution in [0.5, 0.6) is 0 Å². The molecule has 1 heterocycles. The predicted molar refractivity (Wildman–Crippen MR) is 61.7 cm³/mol. The van der Waals surface area contributed by atoms with Crippen LogP contribution in [-0.4, -0.2) is 61.3 Å². The number of carbonyl (C=O) groups is 2. The fourth-order valence-corrected chi connectivity index (χ4v) is 1.48. The number of carbonyl (C=O) groups excluding carboxylic acids is 1. The summed E-state index contributed by atoms with van der Waals surface area (Å²) >= 11 is 0. The zero-order valence-corrected chi connectivity index (χ0v) is 9.78. The monoisotopic (exact) mass is 242 g/mol. The first-order valence-electron chi connectivity index (χ1n) is 5.58. The maximum Gasteiger partial charge on any atom is 0.332 e. The van der Waals surface area contributed by atoms with Crippen LogP contribution in [0.4, 0.5) is 0 Å². The number of nitrogens with zero attached hydrogens (tertiary/aromatic N) is 1. The van der Waals surface area contributed by atoms with E-state index in [-0.39, 0.29) is 18.0 Å². The molecule has 0 saturated carbocycles. The normalized spacial score (nSPS) is 15.6. The Bertz CT molecular complexity index is 298. The maximum absolute atomic E-state index is 11.7. The van der Waals surface area contributed by atoms with E-state index in [2.05, 4.69) is 11.9 Å². The Morgan fingerprint density at radius 1 is 1.35 bits per heavy atom. The summed E-state index contributed by atoms with van der Waals surface area (Å²) in [6.07, 6.45) is 0.368. The van der Waals surface area contributed by atoms with Crippen molar-refractivity contribution in [2.45, 2.75) is 6.42 Å². The lowest BCUT2D eigenvalue weighted by Crippen LogP contribution is -2.41. The Morgan fingerprint density at radius 3 is 2.59 bits per heavy atom. The van der Waals surface area contributed by atoms with Crippen LogP contribution in [0, 0.1) is 0 Å². The van der Waals surface area contributed by atoms with Crippen molar-refractivity contribution in [3.8, 4) is 0 Å². The zero-order chi connectivity index (χ0) is 12.7. The SMILES string of the molecule is C=C(CNCCC(=O)N1CCOCC1)C(=O)O. The predicted octanol–water partition coefficient (Wildman–Crippen LogP) is -0.534. The molecule has 0 radical (unpaired) electrons. The van der Waals surface area contributed by atoms with Crippen LogP contribution in [0.25, 0.3) is 0 Å². The summed E-state index contributed by atoms with van der Waals surface area (Å²) in [6.45, 7) is 6.51. The molecule has 0 unspecified atom stereocenters. The van der Waals surface area contributed by atoms with Crippen molar-refractivity contribution in [1.29, 1.82) is 0 Å². The summed E-state index contributed by atoms with van der Waals surface area (Å²) in [5, 5.41) is 11.4. The molecule has 1 amide bonds. The number of carboxylic acids is 1. The number of morpholine rings is 1. The van der Waals surface area contributed by atoms with Crippen LogP contribution in [0.3, 0.4) is 0 Å². The van der Waals surface area contributed by atoms with Crippen LogP contribution in [0.1, 0.15) is 6.42 Å². The number of nitrogens with one attached hydrogen (secondary N) is 1. The molecule has 1 aliphatic heterocycles. The minimum Gasteiger partial charge on any atom is -0.478 e. The molecule has 2 N–H and O–H groups in total. The number of hydrogen-bond donors (Lipinski definition) is 2. The van der Waals surface area contributed by atoms with Crippen molar-refractivity contribution in [3.63, 3.8) is 0 Å². The zero-order valence-electron chi connectivity index (χ0n) is 9.78. The van der Waals surface area contributed by atoms with Crippen molar-refractivity contribution in [2.75, 3.05) is 39.4 Å². The van der Waals surface area contributed by atoms with Gasteiger partial charge in [0.25, 0.3) is 0 Å². The average molecular weight is 242 g/mol. The van der Waals surface area contributed by atoms with Crippen LogP contribution in [0.15, 0.2) is 12.2 Å². The van der Waals surface area contributed by atoms with Gasteiger partial charge in [-0.1, -0.05) is 6.58 Å². The van der Waals surface area contributed by atoms with E-state index in [0.717, 1.165) is 0 Å². The lowest BCUT2D eigenvalue weighted by Gasteiger charge is -2.26. The summed E-state index contributed by atoms with van der Waals surface area (Å²) in [5.41, 5.74) is 0.101. The van der Waals surface area contributed by atoms with Crippen LogP contribution in [-0.2, 0) is 14.3 Å². The molecule has 0 atom stereocenters. The molecule has 96 valence electrons. The fraction of sp³-hybridized carbons (Fsp3) is 0.636. The van der Waals surface area contributed by atoms with Gasteiger partial charge in [-0.15, -0.1) is 0 Å². The molecule has 1 rings (SSSR count). The fourth-order valence-electron chi connectivity index (χ4n) is 1.48. The Morgan fingerprint density at radius 2 is 2.00 bits per heavy atom. The molecular weight excluding hydrogens is 224 g/mol. The van der Waals surface area contributed by atoms with Gasteiger partial charge < -0.3 is 20.1 Å². The minimum atomic E-state index is -1.02. The third-order valence-corrected chi connectivity index (χ3v) is 2.52. The van der Waals surface area contributed by atoms with Gasteiger partial charge in [-0.2, -0.15) is 0 Å². The Labute approximate surface area is 100 Å². The largest absolute Gasteiger partial charge is 0.478 e. The topological polar surface area (TPSA) is 78.9 Å². The van der Waals surface area contributed by atoms with Gasteiger partial charge in [-0.25, -0.2) is 4.79 Å². The van der Waals surface area contributed by atoms with Gasteiger partial charge in [0.15, 0.2) is 0 Å². The van der Waals surface area contributed by atoms with Gasteiger partial charge in [0, 0.05) is 38.2 Å². The molecular formula is C11H18N2O4. The number of rotatable bonds is 6. The van der Waals surface area contributed by atoms with Gasteiger partial charge >= 0.3 is 5.97 Å². The van der Waals surface area contributed by atoms with E-state index in [0.29, 0.717) is 39.3 Å². The lowest BCUT2D eigenvalue weighted by atomic mass is 10.3. The molecule has 0 aromatic heterocycles. The van der Waals surface area contributed by atoms with E-state index in [1.54, 1.807) is 4.90 Å². The highest BCUT2D eigenvalue weighted by Gasteiger charge is 2.15. The molecule has 0 spiro atoms. The van der Waals surface area contributed by atoms with Crippen LogP contribution in [0.2, 0.25) is 0 Å². The van der Waals surface area contributed by atoms with Gasteiger partial charge in [0.2, 0.25) is 5.91 Å². The summed E-state index contributed by atoms with van der Waals surface area (Å²) < 4.78 is 5.15. The highest BCUT2D eigenvalue weighted by molar-refractivity contribution is 5.86. The second-order valence-electron chi connectivity index (χ2n) is 3.83. The van der Waals surface area contributed by atoms with Crippen molar-refractivity contribution < 1.29 is 19.4 Å². The minimum absolute atomic E-state index is 0.0711. The Hall–Kier alpha value is -1.40. The second-order valence-corrected chi connectivity index (χ2v) is 3.83. The molecule has 0 bridgehead atoms. The molecule has 6 heteroatoms. The number of amides is 1. The summed E-state index contributed by atoms with van der Waals surface area (Å²) in [5.74, 6) is -0.946. The van der Waals surface area contributed by atoms with Crippen molar-refractivity contribution in [2.24, 2.45) is 0 Å². The van der Waals surface area contributed by atoms with E-state index < -0.39 is 5.97 Å². The lowest BCUT2D eigenvalue weighted by molar-refractivity contribution is -0.135. The van der Waals surface area contributed by atoms with Gasteiger partial charge in [0.1, 0.15) is 0 Å². The molecule has 1 fully saturated rings. The number of carboxylic acid groups (broad SMARTS) is 1. The molecule has 6 nitrogen and oxygen atoms in total. The van der Waals surface area contributed by atoms with Crippen LogP contribution >= 0.6 is 0 Å². The van der Waals surface area contributed by atoms with Crippen molar-refractivity contribution in [3.05, 3.63) is 12.2 Å². The quantitative estimate of drug-likeness (QED) is 0.483. The number of hydrogen-bond acceptors (Lipinski definition) is 4. The highest BCUT2D eigenvalue weighted by Crippen LogP contribution is 1.99. The van der Waals surface area contributed by atoms with E-state index in [1.165, 1.54) is 0 Å². The number of aliphatic carboxylic acids is 1. The van der Waals surface area contributed by atoms with Crippen LogP contribution < -0.4 is 5.32 Å². The molecule has 17 heavy (non-hydrogen) atoms. The second kappa shape index (κ2) is 7.03. The first kappa shape index (κ1) is 13.7. The summed E-state index contributed by atoms with van der Waals surface area (Å²) in [4.78, 5) is 23.9. The van der Waals surface area contributed by atoms with Gasteiger partial charge in [0.05, 0.1) is 13.2 Å². The molecule has 0 aromatic rings. The Kier molecular flexibility index (Phi) is 5.65. The average Bonchev–Trinajstić information content (AvgIpc) is 2.35. The number of ether oxygens (including phenoxy) is 1. The molecule has 0 aliphatic carbocycles. The third kappa shape index (κ3) is 4.97. The van der Waals surface area contributed by atoms with E-state index in [1.807, 2.05) is 0 Å². The first-order valence-corrected chi connectivity index (χ1v) is 5.58. The van der Waals surface area contributed by atoms with E-state index in [4.69, 9.17) is 9.84 Å².